The molecule has 20 heavy (non-hydrogen) atoms. The van der Waals surface area contributed by atoms with Gasteiger partial charge in [0, 0.05) is 18.8 Å². The topological polar surface area (TPSA) is 50.7 Å². The molecule has 4 nitrogen and oxygen atoms in total. The fourth-order valence-electron chi connectivity index (χ4n) is 1.74. The molecule has 3 rings (SSSR count). The molecule has 2 aromatic rings. The van der Waals surface area contributed by atoms with Crippen LogP contribution in [-0.4, -0.2) is 21.0 Å². The molecule has 1 N–H and O–H groups in total. The first-order chi connectivity index (χ1) is 9.54. The molecule has 106 valence electrons. The number of nitrogens with one attached hydrogen (secondary N) is 1. The van der Waals surface area contributed by atoms with Crippen molar-refractivity contribution in [1.29, 1.82) is 0 Å². The van der Waals surface area contributed by atoms with Crippen LogP contribution in [0.5, 0.6) is 0 Å². The molecule has 0 spiro atoms. The number of thiazole rings is 1. The first-order valence-electron chi connectivity index (χ1n) is 6.10. The normalized spacial score (nSPS) is 15.6. The van der Waals surface area contributed by atoms with Crippen LogP contribution in [0.4, 0.5) is 13.2 Å². The summed E-state index contributed by atoms with van der Waals surface area (Å²) in [5.41, 5.74) is -0.405. The second-order valence-corrected chi connectivity index (χ2v) is 5.62. The predicted octanol–water partition coefficient (Wildman–Crippen LogP) is 2.87. The Morgan fingerprint density at radius 1 is 1.35 bits per heavy atom. The number of alkyl halides is 3. The maximum atomic E-state index is 13.0. The number of aromatic nitrogens is 3. The minimum absolute atomic E-state index is 0.197. The minimum Gasteiger partial charge on any atom is -0.309 e. The summed E-state index contributed by atoms with van der Waals surface area (Å²) >= 11 is 1.03. The van der Waals surface area contributed by atoms with Gasteiger partial charge in [-0.05, 0) is 18.9 Å². The van der Waals surface area contributed by atoms with Crippen LogP contribution in [-0.2, 0) is 12.7 Å². The second-order valence-electron chi connectivity index (χ2n) is 4.54. The monoisotopic (exact) mass is 300 g/mol. The Morgan fingerprint density at radius 3 is 2.75 bits per heavy atom. The highest BCUT2D eigenvalue weighted by atomic mass is 32.1. The molecule has 1 fully saturated rings. The van der Waals surface area contributed by atoms with E-state index in [4.69, 9.17) is 0 Å². The van der Waals surface area contributed by atoms with Crippen molar-refractivity contribution in [3.63, 3.8) is 0 Å². The standard InChI is InChI=1S/C12H11F3N4S/c13-12(14,15)10-9(5-17-7-1-2-7)20-11(19-10)8-3-4-16-6-18-8/h3-4,6-7,17H,1-2,5H2. The summed E-state index contributed by atoms with van der Waals surface area (Å²) in [6, 6.07) is 1.90. The highest BCUT2D eigenvalue weighted by molar-refractivity contribution is 7.15. The average molecular weight is 300 g/mol. The lowest BCUT2D eigenvalue weighted by Gasteiger charge is -2.06. The van der Waals surface area contributed by atoms with Crippen LogP contribution in [0, 0.1) is 0 Å². The molecule has 8 heteroatoms. The predicted molar refractivity (Wildman–Crippen MR) is 68.0 cm³/mol. The van der Waals surface area contributed by atoms with Crippen LogP contribution in [0.3, 0.4) is 0 Å². The summed E-state index contributed by atoms with van der Waals surface area (Å²) in [5.74, 6) is 0. The highest BCUT2D eigenvalue weighted by Gasteiger charge is 2.38. The Kier molecular flexibility index (Phi) is 3.43. The quantitative estimate of drug-likeness (QED) is 0.943. The fraction of sp³-hybridized carbons (Fsp3) is 0.417. The summed E-state index contributed by atoms with van der Waals surface area (Å²) in [6.07, 6.45) is 0.394. The van der Waals surface area contributed by atoms with Gasteiger partial charge in [-0.3, -0.25) is 0 Å². The van der Waals surface area contributed by atoms with Gasteiger partial charge in [-0.1, -0.05) is 0 Å². The Labute approximate surface area is 117 Å². The summed E-state index contributed by atoms with van der Waals surface area (Å²) < 4.78 is 39.0. The molecule has 1 saturated carbocycles. The number of halogens is 3. The summed E-state index contributed by atoms with van der Waals surface area (Å²) in [4.78, 5) is 11.6. The molecule has 0 aromatic carbocycles. The van der Waals surface area contributed by atoms with E-state index in [9.17, 15) is 13.2 Å². The van der Waals surface area contributed by atoms with E-state index in [2.05, 4.69) is 20.3 Å². The highest BCUT2D eigenvalue weighted by Crippen LogP contribution is 2.37. The van der Waals surface area contributed by atoms with Crippen molar-refractivity contribution in [3.05, 3.63) is 29.2 Å². The maximum Gasteiger partial charge on any atom is 0.434 e. The van der Waals surface area contributed by atoms with Crippen LogP contribution in [0.15, 0.2) is 18.6 Å². The first kappa shape index (κ1) is 13.4. The van der Waals surface area contributed by atoms with E-state index in [0.29, 0.717) is 11.7 Å². The van der Waals surface area contributed by atoms with Crippen molar-refractivity contribution in [3.8, 4) is 10.7 Å². The van der Waals surface area contributed by atoms with Crippen molar-refractivity contribution in [2.45, 2.75) is 31.6 Å². The number of hydrogen-bond acceptors (Lipinski definition) is 5. The number of rotatable bonds is 4. The smallest absolute Gasteiger partial charge is 0.309 e. The van der Waals surface area contributed by atoms with E-state index in [-0.39, 0.29) is 16.4 Å². The minimum atomic E-state index is -4.44. The van der Waals surface area contributed by atoms with Crippen LogP contribution in [0.2, 0.25) is 0 Å². The van der Waals surface area contributed by atoms with Gasteiger partial charge in [0.25, 0.3) is 0 Å². The first-order valence-corrected chi connectivity index (χ1v) is 6.92. The van der Waals surface area contributed by atoms with Crippen LogP contribution < -0.4 is 5.32 Å². The van der Waals surface area contributed by atoms with E-state index in [1.54, 1.807) is 6.07 Å². The van der Waals surface area contributed by atoms with Gasteiger partial charge in [0.15, 0.2) is 5.69 Å². The molecule has 1 aliphatic rings. The molecule has 0 unspecified atom stereocenters. The molecule has 0 amide bonds. The molecule has 2 aromatic heterocycles. The SMILES string of the molecule is FC(F)(F)c1nc(-c2ccncn2)sc1CNC1CC1. The summed E-state index contributed by atoms with van der Waals surface area (Å²) in [5, 5.41) is 3.36. The molecular weight excluding hydrogens is 289 g/mol. The molecule has 0 aliphatic heterocycles. The van der Waals surface area contributed by atoms with Gasteiger partial charge in [0.05, 0.1) is 4.88 Å². The third kappa shape index (κ3) is 2.96. The third-order valence-electron chi connectivity index (χ3n) is 2.90. The van der Waals surface area contributed by atoms with Crippen LogP contribution in [0.1, 0.15) is 23.4 Å². The molecule has 1 aliphatic carbocycles. The summed E-state index contributed by atoms with van der Waals surface area (Å²) in [6.45, 7) is 0.197. The van der Waals surface area contributed by atoms with Crippen LogP contribution >= 0.6 is 11.3 Å². The molecule has 2 heterocycles. The van der Waals surface area contributed by atoms with Crippen molar-refractivity contribution >= 4 is 11.3 Å². The largest absolute Gasteiger partial charge is 0.434 e. The number of hydrogen-bond donors (Lipinski definition) is 1. The van der Waals surface area contributed by atoms with E-state index in [0.717, 1.165) is 24.2 Å². The maximum absolute atomic E-state index is 13.0. The Morgan fingerprint density at radius 2 is 2.15 bits per heavy atom. The lowest BCUT2D eigenvalue weighted by molar-refractivity contribution is -0.141. The molecule has 0 radical (unpaired) electrons. The zero-order valence-electron chi connectivity index (χ0n) is 10.3. The van der Waals surface area contributed by atoms with E-state index in [1.165, 1.54) is 12.5 Å². The lowest BCUT2D eigenvalue weighted by atomic mass is 10.3. The van der Waals surface area contributed by atoms with Crippen LogP contribution in [0.25, 0.3) is 10.7 Å². The van der Waals surface area contributed by atoms with Gasteiger partial charge in [0.1, 0.15) is 17.0 Å². The molecular formula is C12H11F3N4S. The fourth-order valence-corrected chi connectivity index (χ4v) is 2.75. The average Bonchev–Trinajstić information content (AvgIpc) is 3.14. The zero-order valence-corrected chi connectivity index (χ0v) is 11.1. The lowest BCUT2D eigenvalue weighted by Crippen LogP contribution is -2.18. The van der Waals surface area contributed by atoms with Crippen molar-refractivity contribution in [2.75, 3.05) is 0 Å². The second kappa shape index (κ2) is 5.10. The van der Waals surface area contributed by atoms with E-state index < -0.39 is 11.9 Å². The van der Waals surface area contributed by atoms with Crippen molar-refractivity contribution in [2.24, 2.45) is 0 Å². The Bertz CT molecular complexity index is 592. The third-order valence-corrected chi connectivity index (χ3v) is 3.97. The van der Waals surface area contributed by atoms with Gasteiger partial charge in [-0.15, -0.1) is 11.3 Å². The van der Waals surface area contributed by atoms with Crippen molar-refractivity contribution in [1.82, 2.24) is 20.3 Å². The molecule has 0 bridgehead atoms. The van der Waals surface area contributed by atoms with E-state index >= 15 is 0 Å². The molecule has 0 atom stereocenters. The van der Waals surface area contributed by atoms with Gasteiger partial charge in [0.2, 0.25) is 0 Å². The Hall–Kier alpha value is -1.54. The Balaban J connectivity index is 1.92. The van der Waals surface area contributed by atoms with Gasteiger partial charge in [-0.25, -0.2) is 15.0 Å². The van der Waals surface area contributed by atoms with Gasteiger partial charge in [-0.2, -0.15) is 13.2 Å². The zero-order chi connectivity index (χ0) is 14.2. The van der Waals surface area contributed by atoms with Gasteiger partial charge < -0.3 is 5.32 Å². The number of nitrogens with zero attached hydrogens (tertiary/aromatic N) is 3. The van der Waals surface area contributed by atoms with E-state index in [1.807, 2.05) is 0 Å². The van der Waals surface area contributed by atoms with Gasteiger partial charge >= 0.3 is 6.18 Å². The van der Waals surface area contributed by atoms with Crippen molar-refractivity contribution < 1.29 is 13.2 Å². The molecule has 0 saturated heterocycles. The summed E-state index contributed by atoms with van der Waals surface area (Å²) in [7, 11) is 0.